The van der Waals surface area contributed by atoms with Crippen molar-refractivity contribution >= 4 is 22.1 Å². The fraction of sp³-hybridized carbons (Fsp3) is 0.684. The van der Waals surface area contributed by atoms with Gasteiger partial charge in [-0.15, -0.1) is 0 Å². The Morgan fingerprint density at radius 3 is 1.40 bits per heavy atom. The Labute approximate surface area is 308 Å². The van der Waals surface area contributed by atoms with Crippen molar-refractivity contribution in [2.75, 3.05) is 13.2 Å². The minimum absolute atomic E-state index is 0. The number of benzene rings is 1. The summed E-state index contributed by atoms with van der Waals surface area (Å²) >= 11 is 0. The SMILES string of the molecule is CCCCCCCC/C=C/CCCCCOC(=O)c1cccc(S(=O)(=O)[O-])c1C(=O)OCCCCC/C=C/CCCCCCCC.[Na+]. The van der Waals surface area contributed by atoms with Gasteiger partial charge in [-0.2, -0.15) is 0 Å². The average molecular weight is 685 g/mol. The Morgan fingerprint density at radius 1 is 0.596 bits per heavy atom. The van der Waals surface area contributed by atoms with Crippen molar-refractivity contribution in [1.29, 1.82) is 0 Å². The molecule has 0 saturated carbocycles. The second kappa shape index (κ2) is 30.6. The zero-order valence-electron chi connectivity index (χ0n) is 29.8. The van der Waals surface area contributed by atoms with Gasteiger partial charge in [0.15, 0.2) is 0 Å². The number of allylic oxidation sites excluding steroid dienone is 4. The number of hydrogen-bond donors (Lipinski definition) is 0. The van der Waals surface area contributed by atoms with Crippen LogP contribution in [0.3, 0.4) is 0 Å². The molecule has 1 aromatic carbocycles. The first kappa shape index (κ1) is 45.6. The Morgan fingerprint density at radius 2 is 0.979 bits per heavy atom. The van der Waals surface area contributed by atoms with Gasteiger partial charge in [-0.25, -0.2) is 18.0 Å². The minimum atomic E-state index is -5.02. The fourth-order valence-corrected chi connectivity index (χ4v) is 5.93. The van der Waals surface area contributed by atoms with Crippen molar-refractivity contribution in [3.8, 4) is 0 Å². The van der Waals surface area contributed by atoms with Crippen LogP contribution in [0, 0.1) is 0 Å². The smallest absolute Gasteiger partial charge is 0.744 e. The summed E-state index contributed by atoms with van der Waals surface area (Å²) in [4.78, 5) is 25.0. The minimum Gasteiger partial charge on any atom is -0.744 e. The van der Waals surface area contributed by atoms with Gasteiger partial charge in [0.05, 0.1) is 29.2 Å². The van der Waals surface area contributed by atoms with Gasteiger partial charge in [0.2, 0.25) is 0 Å². The predicted molar refractivity (Wildman–Crippen MR) is 186 cm³/mol. The van der Waals surface area contributed by atoms with E-state index in [0.29, 0.717) is 12.8 Å². The molecule has 0 fully saturated rings. The van der Waals surface area contributed by atoms with Gasteiger partial charge in [-0.05, 0) is 89.2 Å². The molecule has 0 saturated heterocycles. The topological polar surface area (TPSA) is 110 Å². The second-order valence-electron chi connectivity index (χ2n) is 12.2. The van der Waals surface area contributed by atoms with Crippen molar-refractivity contribution in [2.45, 2.75) is 160 Å². The van der Waals surface area contributed by atoms with Crippen LogP contribution in [-0.4, -0.2) is 38.1 Å². The van der Waals surface area contributed by atoms with Crippen molar-refractivity contribution in [1.82, 2.24) is 0 Å². The molecule has 0 unspecified atom stereocenters. The summed E-state index contributed by atoms with van der Waals surface area (Å²) in [5, 5.41) is 0. The molecule has 7 nitrogen and oxygen atoms in total. The molecule has 0 spiro atoms. The number of hydrogen-bond acceptors (Lipinski definition) is 7. The molecule has 0 heterocycles. The molecule has 0 aliphatic carbocycles. The van der Waals surface area contributed by atoms with Crippen molar-refractivity contribution < 1.29 is 61.6 Å². The molecule has 0 amide bonds. The molecule has 0 atom stereocenters. The number of rotatable bonds is 29. The number of esters is 2. The van der Waals surface area contributed by atoms with Gasteiger partial charge < -0.3 is 14.0 Å². The van der Waals surface area contributed by atoms with Crippen molar-refractivity contribution in [3.05, 3.63) is 53.6 Å². The normalized spacial score (nSPS) is 11.6. The van der Waals surface area contributed by atoms with Crippen LogP contribution in [0.2, 0.25) is 0 Å². The van der Waals surface area contributed by atoms with Gasteiger partial charge in [0, 0.05) is 0 Å². The van der Waals surface area contributed by atoms with Gasteiger partial charge in [0.1, 0.15) is 10.1 Å². The molecule has 0 aliphatic rings. The summed E-state index contributed by atoms with van der Waals surface area (Å²) in [6.07, 6.45) is 33.4. The monoisotopic (exact) mass is 684 g/mol. The summed E-state index contributed by atoms with van der Waals surface area (Å²) in [7, 11) is -5.02. The molecular formula is C38H61NaO7S. The molecule has 0 N–H and O–H groups in total. The summed E-state index contributed by atoms with van der Waals surface area (Å²) < 4.78 is 46.4. The molecule has 0 aliphatic heterocycles. The Balaban J connectivity index is 0.0000212. The Bertz CT molecular complexity index is 1120. The molecule has 9 heteroatoms. The third-order valence-corrected chi connectivity index (χ3v) is 8.88. The fourth-order valence-electron chi connectivity index (χ4n) is 5.24. The maximum Gasteiger partial charge on any atom is 1.00 e. The zero-order chi connectivity index (χ0) is 33.7. The average Bonchev–Trinajstić information content (AvgIpc) is 3.04. The van der Waals surface area contributed by atoms with Gasteiger partial charge >= 0.3 is 41.5 Å². The van der Waals surface area contributed by atoms with E-state index in [9.17, 15) is 22.6 Å². The second-order valence-corrected chi connectivity index (χ2v) is 13.5. The summed E-state index contributed by atoms with van der Waals surface area (Å²) in [5.41, 5.74) is -0.814. The summed E-state index contributed by atoms with van der Waals surface area (Å²) in [6.45, 7) is 4.65. The first-order valence-corrected chi connectivity index (χ1v) is 19.5. The van der Waals surface area contributed by atoms with Crippen LogP contribution in [0.25, 0.3) is 0 Å². The van der Waals surface area contributed by atoms with Crippen molar-refractivity contribution in [2.24, 2.45) is 0 Å². The Hall–Kier alpha value is -1.45. The molecule has 1 rings (SSSR count). The van der Waals surface area contributed by atoms with E-state index in [4.69, 9.17) is 9.47 Å². The van der Waals surface area contributed by atoms with E-state index < -0.39 is 32.5 Å². The van der Waals surface area contributed by atoms with E-state index in [1.54, 1.807) is 0 Å². The number of unbranched alkanes of at least 4 members (excludes halogenated alkanes) is 18. The Kier molecular flexibility index (Phi) is 29.7. The first-order valence-electron chi connectivity index (χ1n) is 18.1. The number of ether oxygens (including phenoxy) is 2. The third kappa shape index (κ3) is 23.5. The van der Waals surface area contributed by atoms with Crippen molar-refractivity contribution in [3.63, 3.8) is 0 Å². The van der Waals surface area contributed by atoms with E-state index in [2.05, 4.69) is 38.2 Å². The van der Waals surface area contributed by atoms with Crippen LogP contribution >= 0.6 is 0 Å². The molecule has 0 bridgehead atoms. The largest absolute Gasteiger partial charge is 1.00 e. The van der Waals surface area contributed by atoms with Gasteiger partial charge in [0.25, 0.3) is 0 Å². The van der Waals surface area contributed by atoms with Crippen LogP contribution in [0.4, 0.5) is 0 Å². The molecule has 0 aromatic heterocycles. The van der Waals surface area contributed by atoms with Crippen LogP contribution in [0.1, 0.15) is 176 Å². The van der Waals surface area contributed by atoms with Gasteiger partial charge in [-0.3, -0.25) is 0 Å². The molecule has 1 aromatic rings. The third-order valence-electron chi connectivity index (χ3n) is 8.00. The maximum atomic E-state index is 12.9. The molecule has 47 heavy (non-hydrogen) atoms. The number of carbonyl (C=O) groups is 2. The zero-order valence-corrected chi connectivity index (χ0v) is 32.6. The molecule has 0 radical (unpaired) electrons. The van der Waals surface area contributed by atoms with Crippen LogP contribution in [0.5, 0.6) is 0 Å². The van der Waals surface area contributed by atoms with E-state index >= 15 is 0 Å². The van der Waals surface area contributed by atoms with E-state index in [-0.39, 0.29) is 48.3 Å². The van der Waals surface area contributed by atoms with Gasteiger partial charge in [-0.1, -0.05) is 108 Å². The van der Waals surface area contributed by atoms with E-state index in [1.165, 1.54) is 89.2 Å². The maximum absolute atomic E-state index is 12.9. The molecular weight excluding hydrogens is 623 g/mol. The summed E-state index contributed by atoms with van der Waals surface area (Å²) in [5.74, 6) is -1.85. The van der Waals surface area contributed by atoms with E-state index in [0.717, 1.165) is 57.4 Å². The quantitative estimate of drug-likeness (QED) is 0.0280. The standard InChI is InChI=1S/C38H62O7S.Na/c1-3-5-7-9-11-13-15-17-19-21-23-25-27-32-44-37(39)34-30-29-31-35(46(41,42)43)36(34)38(40)45-33-28-26-24-22-20-18-16-14-12-10-8-6-4-2;/h17-20,29-31H,3-16,21-28,32-33H2,1-2H3,(H,41,42,43);/q;+1/p-1/b19-17+,20-18+;. The first-order chi connectivity index (χ1) is 22.3. The number of carbonyl (C=O) groups excluding carboxylic acids is 2. The molecule has 262 valence electrons. The summed E-state index contributed by atoms with van der Waals surface area (Å²) in [6, 6.07) is 3.57. The van der Waals surface area contributed by atoms with Crippen LogP contribution < -0.4 is 29.6 Å². The van der Waals surface area contributed by atoms with Crippen LogP contribution in [-0.2, 0) is 19.6 Å². The van der Waals surface area contributed by atoms with E-state index in [1.807, 2.05) is 0 Å². The predicted octanol–water partition coefficient (Wildman–Crippen LogP) is 7.64. The van der Waals surface area contributed by atoms with Crippen LogP contribution in [0.15, 0.2) is 47.4 Å².